The molecule has 0 rings (SSSR count). The monoisotopic (exact) mass is 234 g/mol. The van der Waals surface area contributed by atoms with Crippen molar-refractivity contribution in [3.8, 4) is 0 Å². The normalized spacial score (nSPS) is 12.4. The lowest BCUT2D eigenvalue weighted by atomic mass is 10.2. The number of ether oxygens (including phenoxy) is 1. The van der Waals surface area contributed by atoms with Crippen molar-refractivity contribution >= 4 is 5.97 Å². The smallest absolute Gasteiger partial charge is 0.302 e. The maximum Gasteiger partial charge on any atom is 0.302 e. The molecule has 1 N–H and O–H groups in total. The van der Waals surface area contributed by atoms with Gasteiger partial charge in [0.1, 0.15) is 0 Å². The highest BCUT2D eigenvalue weighted by atomic mass is 17.1. The summed E-state index contributed by atoms with van der Waals surface area (Å²) in [5, 5.41) is 7.90. The van der Waals surface area contributed by atoms with Crippen LogP contribution in [-0.2, 0) is 14.4 Å². The van der Waals surface area contributed by atoms with E-state index in [4.69, 9.17) is 9.99 Å². The van der Waals surface area contributed by atoms with Gasteiger partial charge in [-0.1, -0.05) is 19.8 Å². The number of esters is 1. The van der Waals surface area contributed by atoms with Crippen molar-refractivity contribution in [2.75, 3.05) is 0 Å². The van der Waals surface area contributed by atoms with Gasteiger partial charge >= 0.3 is 5.97 Å². The van der Waals surface area contributed by atoms with Gasteiger partial charge in [0.05, 0.1) is 11.7 Å². The number of unbranched alkanes of at least 4 members (excludes halogenated alkanes) is 1. The molecule has 4 heteroatoms. The highest BCUT2D eigenvalue weighted by molar-refractivity contribution is 5.66. The number of hydrogen-bond acceptors (Lipinski definition) is 4. The largest absolute Gasteiger partial charge is 0.463 e. The molecule has 0 radical (unpaired) electrons. The van der Waals surface area contributed by atoms with E-state index in [1.165, 1.54) is 6.92 Å². The van der Waals surface area contributed by atoms with Crippen molar-refractivity contribution < 1.29 is 19.7 Å². The minimum atomic E-state index is -0.403. The molecule has 0 saturated heterocycles. The first-order valence-electron chi connectivity index (χ1n) is 5.72. The van der Waals surface area contributed by atoms with Gasteiger partial charge in [0.25, 0.3) is 0 Å². The fourth-order valence-corrected chi connectivity index (χ4v) is 0.834. The molecular formula is C12H26O4. The molecule has 0 aliphatic rings. The average molecular weight is 234 g/mol. The van der Waals surface area contributed by atoms with Gasteiger partial charge in [-0.2, -0.15) is 0 Å². The lowest BCUT2D eigenvalue weighted by Gasteiger charge is -2.10. The first-order valence-corrected chi connectivity index (χ1v) is 5.72. The Morgan fingerprint density at radius 1 is 1.38 bits per heavy atom. The summed E-state index contributed by atoms with van der Waals surface area (Å²) < 4.78 is 4.91. The van der Waals surface area contributed by atoms with Crippen LogP contribution < -0.4 is 0 Å². The second-order valence-corrected chi connectivity index (χ2v) is 4.77. The Hall–Kier alpha value is -0.610. The molecule has 0 heterocycles. The third-order valence-corrected chi connectivity index (χ3v) is 1.61. The maximum absolute atomic E-state index is 10.4. The highest BCUT2D eigenvalue weighted by Gasteiger charge is 2.07. The SMILES string of the molecule is CC(C)(C)OO.CCCCC(C)OC(C)=O. The highest BCUT2D eigenvalue weighted by Crippen LogP contribution is 2.03. The van der Waals surface area contributed by atoms with Crippen LogP contribution in [0.25, 0.3) is 0 Å². The van der Waals surface area contributed by atoms with E-state index in [9.17, 15) is 4.79 Å². The van der Waals surface area contributed by atoms with Crippen LogP contribution >= 0.6 is 0 Å². The zero-order valence-corrected chi connectivity index (χ0v) is 11.4. The van der Waals surface area contributed by atoms with Crippen LogP contribution in [0.5, 0.6) is 0 Å². The van der Waals surface area contributed by atoms with Crippen molar-refractivity contribution in [1.29, 1.82) is 0 Å². The van der Waals surface area contributed by atoms with Gasteiger partial charge in [0.15, 0.2) is 0 Å². The average Bonchev–Trinajstić information content (AvgIpc) is 2.13. The molecule has 0 aromatic rings. The van der Waals surface area contributed by atoms with Crippen LogP contribution in [0.1, 0.15) is 60.8 Å². The number of carbonyl (C=O) groups is 1. The number of carbonyl (C=O) groups excluding carboxylic acids is 1. The van der Waals surface area contributed by atoms with Gasteiger partial charge in [-0.15, -0.1) is 0 Å². The van der Waals surface area contributed by atoms with Crippen LogP contribution in [0.4, 0.5) is 0 Å². The van der Waals surface area contributed by atoms with E-state index in [1.807, 2.05) is 6.92 Å². The lowest BCUT2D eigenvalue weighted by molar-refractivity contribution is -0.306. The van der Waals surface area contributed by atoms with E-state index in [2.05, 4.69) is 11.8 Å². The van der Waals surface area contributed by atoms with Crippen molar-refractivity contribution in [3.63, 3.8) is 0 Å². The molecule has 0 spiro atoms. The summed E-state index contributed by atoms with van der Waals surface area (Å²) >= 11 is 0. The third-order valence-electron chi connectivity index (χ3n) is 1.61. The summed E-state index contributed by atoms with van der Waals surface area (Å²) in [5.74, 6) is -0.177. The molecule has 4 nitrogen and oxygen atoms in total. The number of rotatable bonds is 4. The van der Waals surface area contributed by atoms with Crippen LogP contribution in [0.15, 0.2) is 0 Å². The molecule has 0 aromatic carbocycles. The fourth-order valence-electron chi connectivity index (χ4n) is 0.834. The lowest BCUT2D eigenvalue weighted by Crippen LogP contribution is -2.15. The Labute approximate surface area is 98.9 Å². The van der Waals surface area contributed by atoms with Crippen molar-refractivity contribution in [3.05, 3.63) is 0 Å². The van der Waals surface area contributed by atoms with E-state index in [1.54, 1.807) is 20.8 Å². The Morgan fingerprint density at radius 3 is 2.06 bits per heavy atom. The summed E-state index contributed by atoms with van der Waals surface area (Å²) in [6, 6.07) is 0. The van der Waals surface area contributed by atoms with Gasteiger partial charge in [0.2, 0.25) is 0 Å². The second-order valence-electron chi connectivity index (χ2n) is 4.77. The topological polar surface area (TPSA) is 55.8 Å². The number of hydrogen-bond donors (Lipinski definition) is 1. The van der Waals surface area contributed by atoms with Crippen LogP contribution in [0, 0.1) is 0 Å². The minimum Gasteiger partial charge on any atom is -0.463 e. The molecule has 0 aromatic heterocycles. The first-order chi connectivity index (χ1) is 7.22. The Bertz CT molecular complexity index is 172. The van der Waals surface area contributed by atoms with Crippen LogP contribution in [0.3, 0.4) is 0 Å². The van der Waals surface area contributed by atoms with E-state index in [0.29, 0.717) is 0 Å². The molecule has 0 saturated carbocycles. The molecule has 0 fully saturated rings. The van der Waals surface area contributed by atoms with Gasteiger partial charge in [-0.3, -0.25) is 10.1 Å². The zero-order valence-electron chi connectivity index (χ0n) is 11.4. The van der Waals surface area contributed by atoms with Crippen molar-refractivity contribution in [2.45, 2.75) is 72.5 Å². The van der Waals surface area contributed by atoms with E-state index in [0.717, 1.165) is 19.3 Å². The Balaban J connectivity index is 0. The Morgan fingerprint density at radius 2 is 1.81 bits per heavy atom. The molecule has 0 aliphatic carbocycles. The Kier molecular flexibility index (Phi) is 10.7. The van der Waals surface area contributed by atoms with Crippen molar-refractivity contribution in [2.24, 2.45) is 0 Å². The molecule has 0 amide bonds. The first kappa shape index (κ1) is 17.8. The maximum atomic E-state index is 10.4. The van der Waals surface area contributed by atoms with Gasteiger partial charge < -0.3 is 4.74 Å². The summed E-state index contributed by atoms with van der Waals surface area (Å²) in [5.41, 5.74) is -0.403. The van der Waals surface area contributed by atoms with Crippen molar-refractivity contribution in [1.82, 2.24) is 0 Å². The summed E-state index contributed by atoms with van der Waals surface area (Å²) in [6.07, 6.45) is 3.37. The van der Waals surface area contributed by atoms with Crippen LogP contribution in [0.2, 0.25) is 0 Å². The molecule has 1 atom stereocenters. The summed E-state index contributed by atoms with van der Waals surface area (Å²) in [7, 11) is 0. The summed E-state index contributed by atoms with van der Waals surface area (Å²) in [4.78, 5) is 14.3. The van der Waals surface area contributed by atoms with E-state index >= 15 is 0 Å². The van der Waals surface area contributed by atoms with E-state index < -0.39 is 5.60 Å². The van der Waals surface area contributed by atoms with Gasteiger partial charge in [0, 0.05) is 6.92 Å². The standard InChI is InChI=1S/C8H16O2.C4H10O2/c1-4-5-6-7(2)10-8(3)9;1-4(2,3)6-5/h7H,4-6H2,1-3H3;5H,1-3H3. The second kappa shape index (κ2) is 9.60. The fraction of sp³-hybridized carbons (Fsp3) is 0.917. The molecule has 1 unspecified atom stereocenters. The zero-order chi connectivity index (χ0) is 13.2. The predicted molar refractivity (Wildman–Crippen MR) is 64.2 cm³/mol. The summed E-state index contributed by atoms with van der Waals surface area (Å²) in [6.45, 7) is 10.8. The minimum absolute atomic E-state index is 0.0949. The van der Waals surface area contributed by atoms with Crippen LogP contribution in [-0.4, -0.2) is 22.9 Å². The van der Waals surface area contributed by atoms with Gasteiger partial charge in [-0.05, 0) is 34.1 Å². The van der Waals surface area contributed by atoms with Gasteiger partial charge in [-0.25, -0.2) is 4.89 Å². The molecular weight excluding hydrogens is 208 g/mol. The quantitative estimate of drug-likeness (QED) is 0.460. The molecule has 98 valence electrons. The van der Waals surface area contributed by atoms with E-state index in [-0.39, 0.29) is 12.1 Å². The predicted octanol–water partition coefficient (Wildman–Crippen LogP) is 3.40. The molecule has 0 bridgehead atoms. The third kappa shape index (κ3) is 19.0. The molecule has 0 aliphatic heterocycles. The molecule has 16 heavy (non-hydrogen) atoms.